The number of hydrogen-bond donors (Lipinski definition) is 1. The summed E-state index contributed by atoms with van der Waals surface area (Å²) in [7, 11) is 1.78. The Kier molecular flexibility index (Phi) is 8.58. The fourth-order valence-electron chi connectivity index (χ4n) is 2.69. The highest BCUT2D eigenvalue weighted by Gasteiger charge is 2.19. The van der Waals surface area contributed by atoms with E-state index in [0.29, 0.717) is 12.1 Å². The monoisotopic (exact) mass is 292 g/mol. The smallest absolute Gasteiger partial charge is 0.0589 e. The predicted molar refractivity (Wildman–Crippen MR) is 90.8 cm³/mol. The first-order chi connectivity index (χ1) is 10.1. The van der Waals surface area contributed by atoms with Gasteiger partial charge in [0.1, 0.15) is 0 Å². The summed E-state index contributed by atoms with van der Waals surface area (Å²) < 4.78 is 5.28. The van der Waals surface area contributed by atoms with E-state index in [1.165, 1.54) is 11.1 Å². The van der Waals surface area contributed by atoms with Crippen molar-refractivity contribution in [3.05, 3.63) is 35.4 Å². The highest BCUT2D eigenvalue weighted by atomic mass is 16.5. The van der Waals surface area contributed by atoms with Crippen LogP contribution in [0, 0.1) is 6.92 Å². The first kappa shape index (κ1) is 18.1. The van der Waals surface area contributed by atoms with Gasteiger partial charge in [0.2, 0.25) is 0 Å². The lowest BCUT2D eigenvalue weighted by Gasteiger charge is -2.33. The van der Waals surface area contributed by atoms with Gasteiger partial charge in [-0.25, -0.2) is 0 Å². The van der Waals surface area contributed by atoms with E-state index in [2.05, 4.69) is 62.2 Å². The molecule has 21 heavy (non-hydrogen) atoms. The normalized spacial score (nSPS) is 14.4. The van der Waals surface area contributed by atoms with E-state index in [-0.39, 0.29) is 0 Å². The van der Waals surface area contributed by atoms with Crippen LogP contribution in [0.2, 0.25) is 0 Å². The number of aryl methyl sites for hydroxylation is 1. The summed E-state index contributed by atoms with van der Waals surface area (Å²) in [4.78, 5) is 2.53. The molecular formula is C18H32N2O. The van der Waals surface area contributed by atoms with Gasteiger partial charge in [0, 0.05) is 32.3 Å². The van der Waals surface area contributed by atoms with Gasteiger partial charge in [0.25, 0.3) is 0 Å². The molecule has 1 N–H and O–H groups in total. The summed E-state index contributed by atoms with van der Waals surface area (Å²) >= 11 is 0. The Morgan fingerprint density at radius 1 is 1.24 bits per heavy atom. The predicted octanol–water partition coefficient (Wildman–Crippen LogP) is 3.39. The van der Waals surface area contributed by atoms with Crippen molar-refractivity contribution in [3.63, 3.8) is 0 Å². The average molecular weight is 292 g/mol. The van der Waals surface area contributed by atoms with E-state index in [0.717, 1.165) is 32.7 Å². The molecule has 3 heteroatoms. The summed E-state index contributed by atoms with van der Waals surface area (Å²) in [5, 5.41) is 3.64. The Hall–Kier alpha value is -0.900. The first-order valence-corrected chi connectivity index (χ1v) is 8.15. The highest BCUT2D eigenvalue weighted by Crippen LogP contribution is 2.20. The number of likely N-dealkylation sites (N-methyl/N-ethyl adjacent to an activating group) is 1. The molecule has 1 aromatic carbocycles. The Morgan fingerprint density at radius 3 is 2.52 bits per heavy atom. The lowest BCUT2D eigenvalue weighted by atomic mass is 10.00. The van der Waals surface area contributed by atoms with Gasteiger partial charge < -0.3 is 10.1 Å². The molecule has 2 atom stereocenters. The van der Waals surface area contributed by atoms with Crippen LogP contribution in [0.3, 0.4) is 0 Å². The van der Waals surface area contributed by atoms with Crippen LogP contribution < -0.4 is 5.32 Å². The van der Waals surface area contributed by atoms with Gasteiger partial charge in [-0.1, -0.05) is 38.1 Å². The van der Waals surface area contributed by atoms with Gasteiger partial charge in [-0.05, 0) is 37.9 Å². The van der Waals surface area contributed by atoms with Crippen LogP contribution in [0.5, 0.6) is 0 Å². The fourth-order valence-corrected chi connectivity index (χ4v) is 2.69. The molecule has 1 aromatic rings. The number of nitrogens with one attached hydrogen (secondary N) is 1. The molecule has 1 rings (SSSR count). The van der Waals surface area contributed by atoms with Gasteiger partial charge in [-0.15, -0.1) is 0 Å². The van der Waals surface area contributed by atoms with Crippen LogP contribution >= 0.6 is 0 Å². The average Bonchev–Trinajstić information content (AvgIpc) is 2.50. The van der Waals surface area contributed by atoms with Crippen LogP contribution in [-0.4, -0.2) is 44.3 Å². The topological polar surface area (TPSA) is 24.5 Å². The summed E-state index contributed by atoms with van der Waals surface area (Å²) in [5.74, 6) is 0. The fraction of sp³-hybridized carbons (Fsp3) is 0.667. The molecule has 0 spiro atoms. The zero-order valence-corrected chi connectivity index (χ0v) is 14.4. The third-order valence-electron chi connectivity index (χ3n) is 4.23. The SMILES string of the molecule is CCNC(CN(CCOC)C(C)CC)c1ccccc1C. The Bertz CT molecular complexity index is 395. The second-order valence-corrected chi connectivity index (χ2v) is 5.71. The molecule has 0 aromatic heterocycles. The van der Waals surface area contributed by atoms with Crippen molar-refractivity contribution in [2.75, 3.05) is 33.4 Å². The van der Waals surface area contributed by atoms with Crippen molar-refractivity contribution in [1.29, 1.82) is 0 Å². The third kappa shape index (κ3) is 5.77. The Morgan fingerprint density at radius 2 is 1.95 bits per heavy atom. The minimum Gasteiger partial charge on any atom is -0.383 e. The van der Waals surface area contributed by atoms with E-state index in [9.17, 15) is 0 Å². The van der Waals surface area contributed by atoms with E-state index in [1.54, 1.807) is 7.11 Å². The molecule has 2 unspecified atom stereocenters. The Balaban J connectivity index is 2.85. The summed E-state index contributed by atoms with van der Waals surface area (Å²) in [6.07, 6.45) is 1.16. The maximum atomic E-state index is 5.28. The van der Waals surface area contributed by atoms with Crippen LogP contribution in [0.4, 0.5) is 0 Å². The second kappa shape index (κ2) is 9.93. The maximum Gasteiger partial charge on any atom is 0.0589 e. The molecule has 0 aliphatic carbocycles. The van der Waals surface area contributed by atoms with Crippen LogP contribution in [-0.2, 0) is 4.74 Å². The summed E-state index contributed by atoms with van der Waals surface area (Å²) in [6.45, 7) is 12.7. The van der Waals surface area contributed by atoms with Crippen LogP contribution in [0.1, 0.15) is 44.4 Å². The molecule has 0 amide bonds. The minimum absolute atomic E-state index is 0.377. The van der Waals surface area contributed by atoms with Crippen molar-refractivity contribution in [2.45, 2.75) is 46.2 Å². The van der Waals surface area contributed by atoms with Crippen molar-refractivity contribution in [1.82, 2.24) is 10.2 Å². The van der Waals surface area contributed by atoms with Crippen molar-refractivity contribution in [3.8, 4) is 0 Å². The molecule has 120 valence electrons. The van der Waals surface area contributed by atoms with E-state index >= 15 is 0 Å². The molecule has 0 aliphatic rings. The van der Waals surface area contributed by atoms with Gasteiger partial charge in [0.15, 0.2) is 0 Å². The molecule has 0 saturated carbocycles. The third-order valence-corrected chi connectivity index (χ3v) is 4.23. The lowest BCUT2D eigenvalue weighted by Crippen LogP contribution is -2.42. The van der Waals surface area contributed by atoms with E-state index in [4.69, 9.17) is 4.74 Å². The standard InChI is InChI=1S/C18H32N2O/c1-6-16(4)20(12-13-21-5)14-18(19-7-2)17-11-9-8-10-15(17)3/h8-11,16,18-19H,6-7,12-14H2,1-5H3. The molecule has 0 saturated heterocycles. The largest absolute Gasteiger partial charge is 0.383 e. The minimum atomic E-state index is 0.377. The van der Waals surface area contributed by atoms with E-state index < -0.39 is 0 Å². The number of rotatable bonds is 10. The number of hydrogen-bond acceptors (Lipinski definition) is 3. The Labute approximate surface area is 130 Å². The van der Waals surface area contributed by atoms with Crippen LogP contribution in [0.25, 0.3) is 0 Å². The number of ether oxygens (including phenoxy) is 1. The number of methoxy groups -OCH3 is 1. The van der Waals surface area contributed by atoms with Gasteiger partial charge in [0.05, 0.1) is 6.61 Å². The summed E-state index contributed by atoms with van der Waals surface area (Å²) in [5.41, 5.74) is 2.77. The lowest BCUT2D eigenvalue weighted by molar-refractivity contribution is 0.114. The van der Waals surface area contributed by atoms with Gasteiger partial charge in [-0.2, -0.15) is 0 Å². The molecule has 0 radical (unpaired) electrons. The molecule has 0 bridgehead atoms. The number of benzene rings is 1. The second-order valence-electron chi connectivity index (χ2n) is 5.71. The quantitative estimate of drug-likeness (QED) is 0.715. The number of nitrogens with zero attached hydrogens (tertiary/aromatic N) is 1. The zero-order valence-electron chi connectivity index (χ0n) is 14.4. The molecule has 3 nitrogen and oxygen atoms in total. The van der Waals surface area contributed by atoms with E-state index in [1.807, 2.05) is 0 Å². The molecule has 0 fully saturated rings. The van der Waals surface area contributed by atoms with Crippen molar-refractivity contribution in [2.24, 2.45) is 0 Å². The zero-order chi connectivity index (χ0) is 15.7. The van der Waals surface area contributed by atoms with Crippen molar-refractivity contribution >= 4 is 0 Å². The molecular weight excluding hydrogens is 260 g/mol. The maximum absolute atomic E-state index is 5.28. The molecule has 0 aliphatic heterocycles. The highest BCUT2D eigenvalue weighted by molar-refractivity contribution is 5.29. The first-order valence-electron chi connectivity index (χ1n) is 8.15. The van der Waals surface area contributed by atoms with Gasteiger partial charge in [-0.3, -0.25) is 4.90 Å². The molecule has 0 heterocycles. The van der Waals surface area contributed by atoms with Crippen LogP contribution in [0.15, 0.2) is 24.3 Å². The van der Waals surface area contributed by atoms with Gasteiger partial charge >= 0.3 is 0 Å². The summed E-state index contributed by atoms with van der Waals surface area (Å²) in [6, 6.07) is 9.64. The van der Waals surface area contributed by atoms with Crippen molar-refractivity contribution < 1.29 is 4.74 Å².